The molecule has 6 heteroatoms. The van der Waals surface area contributed by atoms with Crippen molar-refractivity contribution in [3.05, 3.63) is 102 Å². The van der Waals surface area contributed by atoms with E-state index in [1.165, 1.54) is 0 Å². The molecule has 152 valence electrons. The summed E-state index contributed by atoms with van der Waals surface area (Å²) >= 11 is 0. The van der Waals surface area contributed by atoms with E-state index in [-0.39, 0.29) is 5.91 Å². The van der Waals surface area contributed by atoms with Crippen LogP contribution in [0.5, 0.6) is 0 Å². The topological polar surface area (TPSA) is 56.2 Å². The number of furan rings is 1. The van der Waals surface area contributed by atoms with Crippen molar-refractivity contribution in [3.63, 3.8) is 0 Å². The highest BCUT2D eigenvalue weighted by atomic mass is 16.3. The van der Waals surface area contributed by atoms with Crippen LogP contribution < -0.4 is 0 Å². The smallest absolute Gasteiger partial charge is 0.290 e. The number of hydrogen-bond acceptors (Lipinski definition) is 3. The molecule has 31 heavy (non-hydrogen) atoms. The summed E-state index contributed by atoms with van der Waals surface area (Å²) in [6, 6.07) is 21.7. The van der Waals surface area contributed by atoms with E-state index in [4.69, 9.17) is 9.52 Å². The minimum Gasteiger partial charge on any atom is -0.451 e. The Balaban J connectivity index is 1.40. The third-order valence-corrected chi connectivity index (χ3v) is 5.85. The molecule has 0 radical (unpaired) electrons. The van der Waals surface area contributed by atoms with Gasteiger partial charge in [-0.2, -0.15) is 5.10 Å². The maximum absolute atomic E-state index is 13.2. The molecule has 0 unspecified atom stereocenters. The summed E-state index contributed by atoms with van der Waals surface area (Å²) < 4.78 is 9.86. The molecule has 0 saturated heterocycles. The molecule has 0 atom stereocenters. The van der Waals surface area contributed by atoms with Crippen LogP contribution in [0.4, 0.5) is 0 Å². The molecule has 6 nitrogen and oxygen atoms in total. The van der Waals surface area contributed by atoms with Crippen LogP contribution in [0, 0.1) is 6.92 Å². The Kier molecular flexibility index (Phi) is 3.86. The summed E-state index contributed by atoms with van der Waals surface area (Å²) in [6.07, 6.45) is 4.02. The zero-order valence-corrected chi connectivity index (χ0v) is 17.0. The van der Waals surface area contributed by atoms with Gasteiger partial charge in [0.25, 0.3) is 5.91 Å². The van der Waals surface area contributed by atoms with Crippen LogP contribution in [-0.2, 0) is 13.1 Å². The number of nitrogens with zero attached hydrogens (tertiary/aromatic N) is 4. The average Bonchev–Trinajstić information content (AvgIpc) is 3.55. The summed E-state index contributed by atoms with van der Waals surface area (Å²) in [7, 11) is 0. The van der Waals surface area contributed by atoms with E-state index < -0.39 is 0 Å². The highest BCUT2D eigenvalue weighted by molar-refractivity contribution is 5.96. The van der Waals surface area contributed by atoms with E-state index in [0.717, 1.165) is 39.3 Å². The molecular formula is C25H20N4O2. The van der Waals surface area contributed by atoms with E-state index in [1.54, 1.807) is 4.90 Å². The largest absolute Gasteiger partial charge is 0.451 e. The minimum absolute atomic E-state index is 0.116. The Morgan fingerprint density at radius 1 is 0.968 bits per heavy atom. The van der Waals surface area contributed by atoms with Crippen LogP contribution >= 0.6 is 0 Å². The molecule has 1 amide bonds. The third kappa shape index (κ3) is 2.79. The summed E-state index contributed by atoms with van der Waals surface area (Å²) in [6.45, 7) is 3.03. The van der Waals surface area contributed by atoms with Crippen molar-refractivity contribution in [3.8, 4) is 11.5 Å². The van der Waals surface area contributed by atoms with Crippen molar-refractivity contribution in [1.82, 2.24) is 19.2 Å². The van der Waals surface area contributed by atoms with Gasteiger partial charge in [-0.1, -0.05) is 36.4 Å². The van der Waals surface area contributed by atoms with Crippen LogP contribution in [0.1, 0.15) is 27.4 Å². The van der Waals surface area contributed by atoms with Gasteiger partial charge in [-0.3, -0.25) is 4.79 Å². The maximum Gasteiger partial charge on any atom is 0.290 e. The number of benzene rings is 2. The molecule has 0 spiro atoms. The zero-order chi connectivity index (χ0) is 20.9. The van der Waals surface area contributed by atoms with Crippen LogP contribution in [0.15, 0.2) is 83.5 Å². The van der Waals surface area contributed by atoms with Crippen molar-refractivity contribution in [2.75, 3.05) is 0 Å². The van der Waals surface area contributed by atoms with E-state index in [9.17, 15) is 4.79 Å². The number of para-hydroxylation sites is 2. The Bertz CT molecular complexity index is 1390. The van der Waals surface area contributed by atoms with Gasteiger partial charge in [-0.05, 0) is 42.8 Å². The van der Waals surface area contributed by atoms with Crippen molar-refractivity contribution < 1.29 is 9.21 Å². The maximum atomic E-state index is 13.2. The van der Waals surface area contributed by atoms with Crippen LogP contribution in [0.3, 0.4) is 0 Å². The number of amides is 1. The normalized spacial score (nSPS) is 13.1. The van der Waals surface area contributed by atoms with Crippen molar-refractivity contribution in [1.29, 1.82) is 0 Å². The minimum atomic E-state index is -0.116. The Labute approximate surface area is 178 Å². The second kappa shape index (κ2) is 6.74. The predicted octanol–water partition coefficient (Wildman–Crippen LogP) is 4.87. The van der Waals surface area contributed by atoms with Crippen molar-refractivity contribution in [2.24, 2.45) is 0 Å². The van der Waals surface area contributed by atoms with Gasteiger partial charge in [0.05, 0.1) is 24.5 Å². The van der Waals surface area contributed by atoms with Gasteiger partial charge in [0.1, 0.15) is 11.4 Å². The molecule has 1 aliphatic rings. The molecule has 0 saturated carbocycles. The van der Waals surface area contributed by atoms with E-state index in [2.05, 4.69) is 23.6 Å². The lowest BCUT2D eigenvalue weighted by Crippen LogP contribution is -2.26. The SMILES string of the molecule is Cc1ccccc1-n1nc2c(c1-n1cccc1)CN(C(=O)c1cc3ccccc3o1)C2. The second-order valence-electron chi connectivity index (χ2n) is 7.85. The standard InChI is InChI=1S/C25H20N4O2/c1-17-8-2-4-10-21(17)29-24(27-12-6-7-13-27)19-15-28(16-20(19)26-29)25(30)23-14-18-9-3-5-11-22(18)31-23/h2-14H,15-16H2,1H3. The number of aryl methyl sites for hydroxylation is 1. The van der Waals surface area contributed by atoms with E-state index in [1.807, 2.05) is 71.7 Å². The first-order valence-electron chi connectivity index (χ1n) is 10.3. The number of carbonyl (C=O) groups excluding carboxylic acids is 1. The Hall–Kier alpha value is -4.06. The summed E-state index contributed by atoms with van der Waals surface area (Å²) in [5.41, 5.74) is 4.88. The van der Waals surface area contributed by atoms with Gasteiger partial charge in [0.2, 0.25) is 0 Å². The molecular weight excluding hydrogens is 388 g/mol. The number of hydrogen-bond donors (Lipinski definition) is 0. The molecule has 0 aliphatic carbocycles. The van der Waals surface area contributed by atoms with Gasteiger partial charge >= 0.3 is 0 Å². The highest BCUT2D eigenvalue weighted by Crippen LogP contribution is 2.32. The quantitative estimate of drug-likeness (QED) is 0.428. The van der Waals surface area contributed by atoms with Crippen molar-refractivity contribution in [2.45, 2.75) is 20.0 Å². The monoisotopic (exact) mass is 408 g/mol. The second-order valence-corrected chi connectivity index (χ2v) is 7.85. The van der Waals surface area contributed by atoms with E-state index in [0.29, 0.717) is 18.8 Å². The molecule has 6 rings (SSSR count). The van der Waals surface area contributed by atoms with Gasteiger partial charge < -0.3 is 13.9 Å². The lowest BCUT2D eigenvalue weighted by Gasteiger charge is -2.17. The molecule has 0 N–H and O–H groups in total. The first-order valence-corrected chi connectivity index (χ1v) is 10.3. The van der Waals surface area contributed by atoms with Crippen LogP contribution in [0.25, 0.3) is 22.5 Å². The summed E-state index contributed by atoms with van der Waals surface area (Å²) in [5.74, 6) is 1.21. The average molecular weight is 408 g/mol. The fraction of sp³-hybridized carbons (Fsp3) is 0.120. The number of rotatable bonds is 3. The third-order valence-electron chi connectivity index (χ3n) is 5.85. The highest BCUT2D eigenvalue weighted by Gasteiger charge is 2.33. The molecule has 5 aromatic rings. The Morgan fingerprint density at radius 2 is 1.74 bits per heavy atom. The lowest BCUT2D eigenvalue weighted by molar-refractivity contribution is 0.0719. The molecule has 4 heterocycles. The first kappa shape index (κ1) is 17.8. The molecule has 1 aliphatic heterocycles. The lowest BCUT2D eigenvalue weighted by atomic mass is 10.2. The van der Waals surface area contributed by atoms with Crippen LogP contribution in [-0.4, -0.2) is 25.2 Å². The molecule has 2 aromatic carbocycles. The van der Waals surface area contributed by atoms with Gasteiger partial charge in [-0.15, -0.1) is 0 Å². The Morgan fingerprint density at radius 3 is 2.55 bits per heavy atom. The molecule has 3 aromatic heterocycles. The van der Waals surface area contributed by atoms with Crippen LogP contribution in [0.2, 0.25) is 0 Å². The fourth-order valence-corrected chi connectivity index (χ4v) is 4.30. The van der Waals surface area contributed by atoms with Gasteiger partial charge in [0.15, 0.2) is 5.76 Å². The predicted molar refractivity (Wildman–Crippen MR) is 117 cm³/mol. The first-order chi connectivity index (χ1) is 15.2. The number of fused-ring (bicyclic) bond motifs is 2. The van der Waals surface area contributed by atoms with Crippen molar-refractivity contribution >= 4 is 16.9 Å². The van der Waals surface area contributed by atoms with Gasteiger partial charge in [-0.25, -0.2) is 4.68 Å². The summed E-state index contributed by atoms with van der Waals surface area (Å²) in [5, 5.41) is 5.85. The summed E-state index contributed by atoms with van der Waals surface area (Å²) in [4.78, 5) is 15.0. The molecule has 0 fully saturated rings. The van der Waals surface area contributed by atoms with E-state index >= 15 is 0 Å². The number of aromatic nitrogens is 3. The van der Waals surface area contributed by atoms with Gasteiger partial charge in [0, 0.05) is 23.3 Å². The number of carbonyl (C=O) groups is 1. The molecule has 0 bridgehead atoms. The zero-order valence-electron chi connectivity index (χ0n) is 17.0. The fourth-order valence-electron chi connectivity index (χ4n) is 4.30.